The molecule has 0 bridgehead atoms. The highest BCUT2D eigenvalue weighted by atomic mass is 35.5. The van der Waals surface area contributed by atoms with Gasteiger partial charge < -0.3 is 14.2 Å². The van der Waals surface area contributed by atoms with Crippen LogP contribution in [0, 0.1) is 0 Å². The number of methoxy groups -OCH3 is 3. The number of hydrogen-bond acceptors (Lipinski definition) is 4. The SMILES string of the molecule is COc1cc(OC)c(C(Cl)c2cc(Cl)sc2Cl)c(OC)c1. The van der Waals surface area contributed by atoms with Gasteiger partial charge in [0.05, 0.1) is 40.9 Å². The van der Waals surface area contributed by atoms with Crippen LogP contribution in [0.3, 0.4) is 0 Å². The minimum absolute atomic E-state index is 0.542. The third kappa shape index (κ3) is 3.34. The van der Waals surface area contributed by atoms with Crippen molar-refractivity contribution >= 4 is 46.1 Å². The van der Waals surface area contributed by atoms with Crippen LogP contribution in [-0.2, 0) is 0 Å². The molecule has 3 nitrogen and oxygen atoms in total. The molecular weight excluding hydrogens is 355 g/mol. The maximum Gasteiger partial charge on any atom is 0.131 e. The Labute approximate surface area is 142 Å². The molecular formula is C14H13Cl3O3S. The summed E-state index contributed by atoms with van der Waals surface area (Å²) < 4.78 is 17.1. The van der Waals surface area contributed by atoms with Gasteiger partial charge in [-0.1, -0.05) is 23.2 Å². The molecule has 114 valence electrons. The Bertz CT molecular complexity index is 617. The van der Waals surface area contributed by atoms with Gasteiger partial charge in [0.25, 0.3) is 0 Å². The Morgan fingerprint density at radius 2 is 1.52 bits per heavy atom. The highest BCUT2D eigenvalue weighted by Crippen LogP contribution is 2.47. The Hall–Kier alpha value is -0.810. The average molecular weight is 368 g/mol. The fraction of sp³-hybridized carbons (Fsp3) is 0.286. The minimum Gasteiger partial charge on any atom is -0.496 e. The fourth-order valence-electron chi connectivity index (χ4n) is 1.96. The topological polar surface area (TPSA) is 27.7 Å². The molecule has 2 aromatic rings. The standard InChI is InChI=1S/C14H13Cl3O3S/c1-18-7-4-9(19-2)12(10(5-7)20-3)13(16)8-6-11(15)21-14(8)17/h4-6,13H,1-3H3. The summed E-state index contributed by atoms with van der Waals surface area (Å²) in [4.78, 5) is 0. The van der Waals surface area contributed by atoms with Crippen LogP contribution in [0.15, 0.2) is 18.2 Å². The molecule has 7 heteroatoms. The van der Waals surface area contributed by atoms with E-state index in [1.54, 1.807) is 39.5 Å². The van der Waals surface area contributed by atoms with Gasteiger partial charge >= 0.3 is 0 Å². The average Bonchev–Trinajstić information content (AvgIpc) is 2.83. The molecule has 0 aliphatic carbocycles. The Morgan fingerprint density at radius 3 is 1.90 bits per heavy atom. The molecule has 0 aliphatic heterocycles. The number of rotatable bonds is 5. The molecule has 0 aliphatic rings. The van der Waals surface area contributed by atoms with E-state index in [2.05, 4.69) is 0 Å². The first-order valence-electron chi connectivity index (χ1n) is 5.90. The summed E-state index contributed by atoms with van der Waals surface area (Å²) in [7, 11) is 4.69. The van der Waals surface area contributed by atoms with E-state index in [0.29, 0.717) is 31.5 Å². The van der Waals surface area contributed by atoms with Gasteiger partial charge in [-0.3, -0.25) is 0 Å². The van der Waals surface area contributed by atoms with Crippen molar-refractivity contribution in [2.45, 2.75) is 5.38 Å². The third-order valence-corrected chi connectivity index (χ3v) is 4.93. The quantitative estimate of drug-likeness (QED) is 0.661. The Morgan fingerprint density at radius 1 is 0.952 bits per heavy atom. The molecule has 0 amide bonds. The molecule has 2 rings (SSSR count). The van der Waals surface area contributed by atoms with Gasteiger partial charge in [-0.25, -0.2) is 0 Å². The molecule has 1 aromatic heterocycles. The number of halogens is 3. The maximum atomic E-state index is 6.58. The number of ether oxygens (including phenoxy) is 3. The van der Waals surface area contributed by atoms with Gasteiger partial charge in [-0.15, -0.1) is 22.9 Å². The summed E-state index contributed by atoms with van der Waals surface area (Å²) in [5.41, 5.74) is 1.40. The molecule has 0 fully saturated rings. The lowest BCUT2D eigenvalue weighted by atomic mass is 10.0. The fourth-order valence-corrected chi connectivity index (χ4v) is 4.00. The van der Waals surface area contributed by atoms with E-state index >= 15 is 0 Å². The smallest absolute Gasteiger partial charge is 0.131 e. The summed E-state index contributed by atoms with van der Waals surface area (Å²) in [6.07, 6.45) is 0. The van der Waals surface area contributed by atoms with Gasteiger partial charge in [-0.05, 0) is 6.07 Å². The summed E-state index contributed by atoms with van der Waals surface area (Å²) in [5, 5.41) is -0.544. The molecule has 1 aromatic carbocycles. The zero-order valence-electron chi connectivity index (χ0n) is 11.6. The molecule has 0 saturated heterocycles. The van der Waals surface area contributed by atoms with E-state index in [-0.39, 0.29) is 0 Å². The first-order chi connectivity index (χ1) is 10.0. The van der Waals surface area contributed by atoms with Crippen molar-refractivity contribution in [2.75, 3.05) is 21.3 Å². The molecule has 0 N–H and O–H groups in total. The summed E-state index contributed by atoms with van der Waals surface area (Å²) in [5.74, 6) is 1.74. The zero-order valence-corrected chi connectivity index (χ0v) is 14.7. The van der Waals surface area contributed by atoms with Crippen molar-refractivity contribution in [3.05, 3.63) is 38.0 Å². The zero-order chi connectivity index (χ0) is 15.6. The van der Waals surface area contributed by atoms with Crippen molar-refractivity contribution in [1.82, 2.24) is 0 Å². The normalized spacial score (nSPS) is 12.1. The highest BCUT2D eigenvalue weighted by molar-refractivity contribution is 7.20. The summed E-state index contributed by atoms with van der Waals surface area (Å²) in [6, 6.07) is 5.24. The van der Waals surface area contributed by atoms with Crippen LogP contribution in [0.4, 0.5) is 0 Å². The van der Waals surface area contributed by atoms with Crippen LogP contribution in [0.25, 0.3) is 0 Å². The second-order valence-corrected chi connectivity index (χ2v) is 6.81. The third-order valence-electron chi connectivity index (χ3n) is 2.96. The van der Waals surface area contributed by atoms with E-state index in [9.17, 15) is 0 Å². The highest BCUT2D eigenvalue weighted by Gasteiger charge is 2.25. The lowest BCUT2D eigenvalue weighted by Crippen LogP contribution is -2.01. The van der Waals surface area contributed by atoms with E-state index in [0.717, 1.165) is 5.56 Å². The van der Waals surface area contributed by atoms with Gasteiger partial charge in [0, 0.05) is 17.7 Å². The maximum absolute atomic E-state index is 6.58. The lowest BCUT2D eigenvalue weighted by molar-refractivity contribution is 0.369. The molecule has 21 heavy (non-hydrogen) atoms. The predicted octanol–water partition coefficient (Wildman–Crippen LogP) is 5.41. The van der Waals surface area contributed by atoms with E-state index in [4.69, 9.17) is 49.0 Å². The van der Waals surface area contributed by atoms with Crippen LogP contribution in [0.5, 0.6) is 17.2 Å². The molecule has 1 heterocycles. The number of hydrogen-bond donors (Lipinski definition) is 0. The van der Waals surface area contributed by atoms with Crippen LogP contribution < -0.4 is 14.2 Å². The number of thiophene rings is 1. The van der Waals surface area contributed by atoms with Crippen LogP contribution in [0.1, 0.15) is 16.5 Å². The molecule has 1 unspecified atom stereocenters. The van der Waals surface area contributed by atoms with Crippen molar-refractivity contribution in [3.63, 3.8) is 0 Å². The first-order valence-corrected chi connectivity index (χ1v) is 7.91. The van der Waals surface area contributed by atoms with Gasteiger partial charge in [-0.2, -0.15) is 0 Å². The largest absolute Gasteiger partial charge is 0.496 e. The van der Waals surface area contributed by atoms with Gasteiger partial charge in [0.1, 0.15) is 17.2 Å². The van der Waals surface area contributed by atoms with E-state index in [1.807, 2.05) is 0 Å². The predicted molar refractivity (Wildman–Crippen MR) is 88.1 cm³/mol. The Balaban J connectivity index is 2.58. The van der Waals surface area contributed by atoms with Crippen molar-refractivity contribution in [1.29, 1.82) is 0 Å². The van der Waals surface area contributed by atoms with Crippen molar-refractivity contribution in [3.8, 4) is 17.2 Å². The molecule has 1 atom stereocenters. The second-order valence-electron chi connectivity index (χ2n) is 4.09. The summed E-state index contributed by atoms with van der Waals surface area (Å²) in [6.45, 7) is 0. The van der Waals surface area contributed by atoms with Crippen LogP contribution in [0.2, 0.25) is 8.67 Å². The molecule has 0 saturated carbocycles. The first kappa shape index (κ1) is 16.6. The minimum atomic E-state index is -0.544. The summed E-state index contributed by atoms with van der Waals surface area (Å²) >= 11 is 20.0. The number of alkyl halides is 1. The van der Waals surface area contributed by atoms with Crippen LogP contribution in [-0.4, -0.2) is 21.3 Å². The monoisotopic (exact) mass is 366 g/mol. The van der Waals surface area contributed by atoms with E-state index < -0.39 is 5.38 Å². The lowest BCUT2D eigenvalue weighted by Gasteiger charge is -2.18. The second kappa shape index (κ2) is 6.97. The molecule has 0 spiro atoms. The van der Waals surface area contributed by atoms with Crippen molar-refractivity contribution in [2.24, 2.45) is 0 Å². The van der Waals surface area contributed by atoms with Gasteiger partial charge in [0.15, 0.2) is 0 Å². The van der Waals surface area contributed by atoms with E-state index in [1.165, 1.54) is 11.3 Å². The number of benzene rings is 1. The van der Waals surface area contributed by atoms with Crippen LogP contribution >= 0.6 is 46.1 Å². The van der Waals surface area contributed by atoms with Crippen molar-refractivity contribution < 1.29 is 14.2 Å². The molecule has 0 radical (unpaired) electrons. The Kier molecular flexibility index (Phi) is 5.49. The van der Waals surface area contributed by atoms with Gasteiger partial charge in [0.2, 0.25) is 0 Å².